The number of H-pyrrole nitrogens is 1. The highest BCUT2D eigenvalue weighted by atomic mass is 33.1. The maximum absolute atomic E-state index is 14.7. The van der Waals surface area contributed by atoms with Crippen LogP contribution in [0.3, 0.4) is 0 Å². The Kier molecular flexibility index (Phi) is 24.6. The van der Waals surface area contributed by atoms with E-state index in [9.17, 15) is 73.5 Å². The maximum atomic E-state index is 14.7. The van der Waals surface area contributed by atoms with Gasteiger partial charge in [-0.2, -0.15) is 0 Å². The van der Waals surface area contributed by atoms with E-state index in [0.29, 0.717) is 33.2 Å². The van der Waals surface area contributed by atoms with E-state index in [0.717, 1.165) is 21.6 Å². The third kappa shape index (κ3) is 20.2. The Morgan fingerprint density at radius 1 is 0.616 bits per heavy atom. The van der Waals surface area contributed by atoms with Gasteiger partial charge in [0.25, 0.3) is 0 Å². The number of aromatic nitrogens is 1. The van der Waals surface area contributed by atoms with Gasteiger partial charge in [-0.25, -0.2) is 4.79 Å². The molecule has 1 aliphatic heterocycles. The SMILES string of the molecule is CC(C)C[C@@H]1NC(=O)[C@H](Cc2ccc(O)cc2)NC(=O)[C@H](CCC(N)=O)NC(=O)C(CO)NC(=O)C(Cc2c[nH]c3ccccc23)NC(=O)C(NC(=O)[C@@H](N)Cc2ccc(O)cc2)CSSC[C@@H](C(=O)N[C@@H](Cc2ccc(O)cc2)C(=O)O)NC1=O. The fraction of sp³-hybridized carbons (Fsp3) is 0.379. The van der Waals surface area contributed by atoms with Gasteiger partial charge in [-0.1, -0.05) is 90.0 Å². The summed E-state index contributed by atoms with van der Waals surface area (Å²) in [5.41, 5.74) is 14.4. The number of benzene rings is 4. The minimum Gasteiger partial charge on any atom is -0.508 e. The van der Waals surface area contributed by atoms with Gasteiger partial charge in [-0.05, 0) is 89.9 Å². The van der Waals surface area contributed by atoms with E-state index in [-0.39, 0.29) is 66.8 Å². The van der Waals surface area contributed by atoms with Crippen molar-refractivity contribution in [3.63, 3.8) is 0 Å². The average molecular weight is 1230 g/mol. The van der Waals surface area contributed by atoms with E-state index in [1.807, 2.05) is 0 Å². The molecule has 1 saturated heterocycles. The predicted octanol–water partition coefficient (Wildman–Crippen LogP) is -0.455. The van der Waals surface area contributed by atoms with Crippen molar-refractivity contribution in [3.8, 4) is 17.2 Å². The zero-order valence-electron chi connectivity index (χ0n) is 46.9. The van der Waals surface area contributed by atoms with Crippen molar-refractivity contribution in [2.24, 2.45) is 17.4 Å². The number of aliphatic hydroxyl groups is 1. The summed E-state index contributed by atoms with van der Waals surface area (Å²) >= 11 is 0. The molecule has 0 bridgehead atoms. The number of fused-ring (bicyclic) bond motifs is 1. The molecular formula is C58H71N11O15S2. The quantitative estimate of drug-likeness (QED) is 0.0465. The van der Waals surface area contributed by atoms with Crippen LogP contribution in [-0.2, 0) is 73.6 Å². The molecule has 1 aliphatic rings. The number of carboxylic acid groups (broad SMARTS) is 1. The number of aromatic amines is 1. The smallest absolute Gasteiger partial charge is 0.326 e. The number of aliphatic hydroxyl groups excluding tert-OH is 1. The molecule has 1 aromatic heterocycles. The molecular weight excluding hydrogens is 1150 g/mol. The molecule has 86 heavy (non-hydrogen) atoms. The number of primary amides is 1. The van der Waals surface area contributed by atoms with Gasteiger partial charge in [0.15, 0.2) is 0 Å². The van der Waals surface area contributed by atoms with E-state index in [1.54, 1.807) is 56.4 Å². The number of carboxylic acids is 1. The number of para-hydroxylation sites is 1. The number of phenolic OH excluding ortho intramolecular Hbond substituents is 3. The molecule has 1 fully saturated rings. The van der Waals surface area contributed by atoms with Crippen molar-refractivity contribution >= 4 is 91.6 Å². The molecule has 6 rings (SSSR count). The number of hydrogen-bond acceptors (Lipinski definition) is 17. The van der Waals surface area contributed by atoms with Crippen molar-refractivity contribution in [2.75, 3.05) is 18.1 Å². The average Bonchev–Trinajstić information content (AvgIpc) is 2.35. The van der Waals surface area contributed by atoms with Crippen LogP contribution >= 0.6 is 21.6 Å². The summed E-state index contributed by atoms with van der Waals surface area (Å²) in [5, 5.41) is 71.9. The zero-order valence-corrected chi connectivity index (χ0v) is 48.6. The molecule has 18 N–H and O–H groups in total. The Balaban J connectivity index is 1.42. The van der Waals surface area contributed by atoms with Crippen molar-refractivity contribution in [2.45, 2.75) is 113 Å². The Bertz CT molecular complexity index is 3200. The van der Waals surface area contributed by atoms with E-state index >= 15 is 0 Å². The van der Waals surface area contributed by atoms with Crippen LogP contribution < -0.4 is 54.0 Å². The van der Waals surface area contributed by atoms with Gasteiger partial charge in [0, 0.05) is 54.3 Å². The number of carbonyl (C=O) groups excluding carboxylic acids is 9. The summed E-state index contributed by atoms with van der Waals surface area (Å²) in [6, 6.07) is 9.99. The van der Waals surface area contributed by atoms with Crippen LogP contribution in [0.2, 0.25) is 0 Å². The monoisotopic (exact) mass is 1230 g/mol. The second kappa shape index (κ2) is 31.9. The molecule has 0 spiro atoms. The Hall–Kier alpha value is -8.86. The van der Waals surface area contributed by atoms with Crippen molar-refractivity contribution in [1.82, 2.24) is 47.5 Å². The first-order valence-electron chi connectivity index (χ1n) is 27.4. The number of phenols is 3. The highest BCUT2D eigenvalue weighted by molar-refractivity contribution is 8.76. The second-order valence-corrected chi connectivity index (χ2v) is 23.5. The van der Waals surface area contributed by atoms with Gasteiger partial charge < -0.3 is 84.5 Å². The first-order chi connectivity index (χ1) is 41.0. The van der Waals surface area contributed by atoms with Crippen molar-refractivity contribution < 1.29 is 73.5 Å². The van der Waals surface area contributed by atoms with Gasteiger partial charge in [0.05, 0.1) is 12.6 Å². The summed E-state index contributed by atoms with van der Waals surface area (Å²) < 4.78 is 0. The van der Waals surface area contributed by atoms with Crippen molar-refractivity contribution in [3.05, 3.63) is 126 Å². The number of aromatic hydroxyl groups is 3. The predicted molar refractivity (Wildman–Crippen MR) is 318 cm³/mol. The zero-order chi connectivity index (χ0) is 62.6. The normalized spacial score (nSPS) is 21.3. The molecule has 0 saturated carbocycles. The number of aliphatic carboxylic acids is 1. The van der Waals surface area contributed by atoms with Crippen LogP contribution in [0.4, 0.5) is 0 Å². The van der Waals surface area contributed by atoms with Gasteiger partial charge >= 0.3 is 5.97 Å². The molecule has 0 radical (unpaired) electrons. The highest BCUT2D eigenvalue weighted by Gasteiger charge is 2.36. The van der Waals surface area contributed by atoms with E-state index in [1.165, 1.54) is 60.7 Å². The number of nitrogens with one attached hydrogen (secondary N) is 9. The standard InChI is InChI=1S/C58H71N11O15S2/c1-30(2)21-42-52(77)69-48(57(82)66-45(58(83)84)24-33-11-17-37(73)18-12-33)29-86-85-28-47(68-50(75)39(59)22-31-7-13-35(71)14-8-31)56(81)65-44(25-34-26-61-40-6-4-3-5-38(34)40)54(79)67-46(27-70)55(80)62-41(19-20-49(60)74)51(76)64-43(53(78)63-42)23-32-9-15-36(72)16-10-32/h3-18,26,30,39,41-48,61,70-73H,19-25,27-29,59H2,1-2H3,(H2,60,74)(H,62,80)(H,63,78)(H,64,76)(H,65,81)(H,66,82)(H,67,79)(H,68,75)(H,69,77)(H,83,84)/t39-,41-,42-,43-,44?,45-,46?,47?,48-/m0/s1. The number of amides is 9. The molecule has 9 atom stereocenters. The van der Waals surface area contributed by atoms with Crippen molar-refractivity contribution in [1.29, 1.82) is 0 Å². The van der Waals surface area contributed by atoms with Crippen LogP contribution in [-0.4, -0.2) is 162 Å². The summed E-state index contributed by atoms with van der Waals surface area (Å²) in [6.07, 6.45) is -0.282. The highest BCUT2D eigenvalue weighted by Crippen LogP contribution is 2.25. The second-order valence-electron chi connectivity index (χ2n) is 21.0. The lowest BCUT2D eigenvalue weighted by Crippen LogP contribution is -2.61. The topological polar surface area (TPSA) is 436 Å². The fourth-order valence-corrected chi connectivity index (χ4v) is 11.4. The van der Waals surface area contributed by atoms with Crippen LogP contribution in [0.5, 0.6) is 17.2 Å². The summed E-state index contributed by atoms with van der Waals surface area (Å²) in [4.78, 5) is 143. The Morgan fingerprint density at radius 3 is 1.71 bits per heavy atom. The number of rotatable bonds is 19. The molecule has 28 heteroatoms. The molecule has 5 aromatic rings. The van der Waals surface area contributed by atoms with Gasteiger partial charge in [-0.3, -0.25) is 43.2 Å². The number of hydrogen-bond donors (Lipinski definition) is 16. The molecule has 9 amide bonds. The van der Waals surface area contributed by atoms with Gasteiger partial charge in [0.2, 0.25) is 53.2 Å². The lowest BCUT2D eigenvalue weighted by Gasteiger charge is -2.28. The van der Waals surface area contributed by atoms with E-state index < -0.39 is 133 Å². The summed E-state index contributed by atoms with van der Waals surface area (Å²) in [5.74, 6) is -11.5. The largest absolute Gasteiger partial charge is 0.508 e. The fourth-order valence-electron chi connectivity index (χ4n) is 9.09. The lowest BCUT2D eigenvalue weighted by molar-refractivity contribution is -0.142. The first kappa shape index (κ1) is 66.3. The van der Waals surface area contributed by atoms with E-state index in [2.05, 4.69) is 47.5 Å². The minimum absolute atomic E-state index is 0.0369. The maximum Gasteiger partial charge on any atom is 0.326 e. The first-order valence-corrected chi connectivity index (χ1v) is 29.9. The van der Waals surface area contributed by atoms with E-state index in [4.69, 9.17) is 11.5 Å². The van der Waals surface area contributed by atoms with Gasteiger partial charge in [-0.15, -0.1) is 0 Å². The van der Waals surface area contributed by atoms with Crippen LogP contribution in [0.15, 0.2) is 103 Å². The van der Waals surface area contributed by atoms with Crippen LogP contribution in [0.1, 0.15) is 55.4 Å². The van der Waals surface area contributed by atoms with Crippen LogP contribution in [0.25, 0.3) is 10.9 Å². The summed E-state index contributed by atoms with van der Waals surface area (Å²) in [7, 11) is 1.83. The molecule has 26 nitrogen and oxygen atoms in total. The Morgan fingerprint density at radius 2 is 1.12 bits per heavy atom. The molecule has 2 heterocycles. The molecule has 460 valence electrons. The van der Waals surface area contributed by atoms with Gasteiger partial charge in [0.1, 0.15) is 65.6 Å². The minimum atomic E-state index is -1.83. The number of nitrogens with two attached hydrogens (primary N) is 2. The third-order valence-electron chi connectivity index (χ3n) is 13.7. The Labute approximate surface area is 501 Å². The molecule has 3 unspecified atom stereocenters. The van der Waals surface area contributed by atoms with Crippen LogP contribution in [0, 0.1) is 5.92 Å². The lowest BCUT2D eigenvalue weighted by atomic mass is 10.00. The molecule has 0 aliphatic carbocycles. The third-order valence-corrected chi connectivity index (χ3v) is 16.2. The number of carbonyl (C=O) groups is 10. The summed E-state index contributed by atoms with van der Waals surface area (Å²) in [6.45, 7) is 2.40. The molecule has 4 aromatic carbocycles.